The molecule has 3 aromatic rings. The van der Waals surface area contributed by atoms with Gasteiger partial charge in [0, 0.05) is 28.2 Å². The maximum Gasteiger partial charge on any atom is 0.148 e. The number of rotatable bonds is 2. The van der Waals surface area contributed by atoms with Gasteiger partial charge in [-0.2, -0.15) is 0 Å². The summed E-state index contributed by atoms with van der Waals surface area (Å²) < 4.78 is 13.8. The number of hydrogen-bond acceptors (Lipinski definition) is 3. The summed E-state index contributed by atoms with van der Waals surface area (Å²) >= 11 is 5.73. The summed E-state index contributed by atoms with van der Waals surface area (Å²) in [6, 6.07) is 9.96. The van der Waals surface area contributed by atoms with E-state index in [0.717, 1.165) is 10.8 Å². The number of anilines is 3. The Bertz CT molecular complexity index is 789. The lowest BCUT2D eigenvalue weighted by molar-refractivity contribution is 0.632. The van der Waals surface area contributed by atoms with Crippen LogP contribution in [0.15, 0.2) is 48.8 Å². The second-order valence-corrected chi connectivity index (χ2v) is 4.81. The van der Waals surface area contributed by atoms with Crippen molar-refractivity contribution in [1.82, 2.24) is 4.98 Å². The number of nitrogen functional groups attached to an aromatic ring is 1. The fourth-order valence-electron chi connectivity index (χ4n) is 2.04. The molecule has 3 rings (SSSR count). The number of nitrogens with two attached hydrogens (primary N) is 1. The summed E-state index contributed by atoms with van der Waals surface area (Å²) in [5.74, 6) is -0.424. The van der Waals surface area contributed by atoms with Gasteiger partial charge in [0.1, 0.15) is 5.82 Å². The van der Waals surface area contributed by atoms with E-state index >= 15 is 0 Å². The molecule has 0 saturated heterocycles. The van der Waals surface area contributed by atoms with Crippen molar-refractivity contribution in [2.24, 2.45) is 0 Å². The highest BCUT2D eigenvalue weighted by molar-refractivity contribution is 6.30. The third-order valence-corrected chi connectivity index (χ3v) is 3.30. The van der Waals surface area contributed by atoms with E-state index in [1.807, 2.05) is 12.1 Å². The Morgan fingerprint density at radius 3 is 2.70 bits per heavy atom. The molecule has 1 aromatic heterocycles. The second kappa shape index (κ2) is 4.98. The van der Waals surface area contributed by atoms with E-state index in [2.05, 4.69) is 10.3 Å². The number of hydrogen-bond donors (Lipinski definition) is 2. The topological polar surface area (TPSA) is 50.9 Å². The summed E-state index contributed by atoms with van der Waals surface area (Å²) in [5.41, 5.74) is 7.63. The number of nitrogens with zero attached hydrogens (tertiary/aromatic N) is 1. The third-order valence-electron chi connectivity index (χ3n) is 3.06. The molecule has 0 bridgehead atoms. The van der Waals surface area contributed by atoms with E-state index < -0.39 is 5.82 Å². The molecule has 2 aromatic carbocycles. The molecule has 0 aliphatic rings. The van der Waals surface area contributed by atoms with Crippen LogP contribution in [-0.4, -0.2) is 4.98 Å². The van der Waals surface area contributed by atoms with Crippen LogP contribution in [0.1, 0.15) is 0 Å². The minimum absolute atomic E-state index is 0.328. The highest BCUT2D eigenvalue weighted by Crippen LogP contribution is 2.31. The molecule has 5 heteroatoms. The van der Waals surface area contributed by atoms with Crippen molar-refractivity contribution < 1.29 is 4.39 Å². The molecule has 3 nitrogen and oxygen atoms in total. The molecule has 0 aliphatic carbocycles. The number of benzene rings is 2. The van der Waals surface area contributed by atoms with Crippen LogP contribution in [0.3, 0.4) is 0 Å². The van der Waals surface area contributed by atoms with Gasteiger partial charge in [-0.1, -0.05) is 17.7 Å². The average molecular weight is 288 g/mol. The van der Waals surface area contributed by atoms with Crippen LogP contribution in [0.4, 0.5) is 21.5 Å². The van der Waals surface area contributed by atoms with Gasteiger partial charge in [-0.15, -0.1) is 0 Å². The monoisotopic (exact) mass is 287 g/mol. The van der Waals surface area contributed by atoms with E-state index in [9.17, 15) is 4.39 Å². The normalized spacial score (nSPS) is 10.7. The number of nitrogens with one attached hydrogen (secondary N) is 1. The van der Waals surface area contributed by atoms with E-state index in [-0.39, 0.29) is 0 Å². The van der Waals surface area contributed by atoms with Gasteiger partial charge in [-0.25, -0.2) is 4.39 Å². The molecule has 0 aliphatic heterocycles. The van der Waals surface area contributed by atoms with Crippen molar-refractivity contribution in [1.29, 1.82) is 0 Å². The Kier molecular flexibility index (Phi) is 3.16. The van der Waals surface area contributed by atoms with Gasteiger partial charge in [-0.05, 0) is 30.3 Å². The molecule has 20 heavy (non-hydrogen) atoms. The van der Waals surface area contributed by atoms with E-state index in [1.54, 1.807) is 30.6 Å². The van der Waals surface area contributed by atoms with Crippen LogP contribution in [0, 0.1) is 5.82 Å². The minimum atomic E-state index is -0.424. The zero-order valence-electron chi connectivity index (χ0n) is 10.4. The summed E-state index contributed by atoms with van der Waals surface area (Å²) in [6.45, 7) is 0. The van der Waals surface area contributed by atoms with E-state index in [4.69, 9.17) is 17.3 Å². The highest BCUT2D eigenvalue weighted by Gasteiger charge is 2.08. The van der Waals surface area contributed by atoms with Crippen LogP contribution in [0.5, 0.6) is 0 Å². The molecule has 0 atom stereocenters. The third kappa shape index (κ3) is 2.26. The minimum Gasteiger partial charge on any atom is -0.397 e. The molecule has 3 N–H and O–H groups in total. The van der Waals surface area contributed by atoms with Crippen molar-refractivity contribution in [2.45, 2.75) is 0 Å². The molecule has 0 amide bonds. The first-order valence-corrected chi connectivity index (χ1v) is 6.37. The maximum atomic E-state index is 13.8. The zero-order valence-corrected chi connectivity index (χ0v) is 11.2. The lowest BCUT2D eigenvalue weighted by Crippen LogP contribution is -1.99. The van der Waals surface area contributed by atoms with Crippen LogP contribution in [0.25, 0.3) is 10.8 Å². The number of halogens is 2. The van der Waals surface area contributed by atoms with Gasteiger partial charge in [0.2, 0.25) is 0 Å². The van der Waals surface area contributed by atoms with Crippen molar-refractivity contribution in [3.8, 4) is 0 Å². The van der Waals surface area contributed by atoms with Gasteiger partial charge in [0.05, 0.1) is 17.1 Å². The standard InChI is InChI=1S/C15H11ClFN3/c16-10-2-4-13(12(17)7-10)20-14-3-1-9-8-19-6-5-11(9)15(14)18/h1-8,20H,18H2. The smallest absolute Gasteiger partial charge is 0.148 e. The average Bonchev–Trinajstić information content (AvgIpc) is 2.45. The first kappa shape index (κ1) is 12.7. The van der Waals surface area contributed by atoms with Crippen molar-refractivity contribution >= 4 is 39.4 Å². The number of pyridine rings is 1. The fourth-order valence-corrected chi connectivity index (χ4v) is 2.20. The van der Waals surface area contributed by atoms with E-state index in [1.165, 1.54) is 6.07 Å². The highest BCUT2D eigenvalue weighted by atomic mass is 35.5. The molecule has 0 fully saturated rings. The second-order valence-electron chi connectivity index (χ2n) is 4.37. The maximum absolute atomic E-state index is 13.8. The van der Waals surface area contributed by atoms with Crippen LogP contribution < -0.4 is 11.1 Å². The molecule has 1 heterocycles. The van der Waals surface area contributed by atoms with E-state index in [0.29, 0.717) is 22.1 Å². The quantitative estimate of drug-likeness (QED) is 0.689. The summed E-state index contributed by atoms with van der Waals surface area (Å²) in [6.07, 6.45) is 3.41. The molecule has 0 spiro atoms. The van der Waals surface area contributed by atoms with Gasteiger partial charge in [-0.3, -0.25) is 4.98 Å². The Balaban J connectivity index is 2.04. The van der Waals surface area contributed by atoms with Gasteiger partial charge < -0.3 is 11.1 Å². The van der Waals surface area contributed by atoms with Crippen LogP contribution in [0.2, 0.25) is 5.02 Å². The Morgan fingerprint density at radius 2 is 1.90 bits per heavy atom. The molecular weight excluding hydrogens is 277 g/mol. The number of aromatic nitrogens is 1. The molecule has 100 valence electrons. The summed E-state index contributed by atoms with van der Waals surface area (Å²) in [4.78, 5) is 4.04. The predicted octanol–water partition coefficient (Wildman–Crippen LogP) is 4.35. The largest absolute Gasteiger partial charge is 0.397 e. The van der Waals surface area contributed by atoms with Crippen LogP contribution in [-0.2, 0) is 0 Å². The van der Waals surface area contributed by atoms with Crippen molar-refractivity contribution in [3.05, 3.63) is 59.6 Å². The Morgan fingerprint density at radius 1 is 1.10 bits per heavy atom. The summed E-state index contributed by atoms with van der Waals surface area (Å²) in [7, 11) is 0. The molecule has 0 saturated carbocycles. The Labute approximate surface area is 120 Å². The predicted molar refractivity (Wildman–Crippen MR) is 80.8 cm³/mol. The zero-order chi connectivity index (χ0) is 14.1. The number of fused-ring (bicyclic) bond motifs is 1. The van der Waals surface area contributed by atoms with Gasteiger partial charge in [0.25, 0.3) is 0 Å². The van der Waals surface area contributed by atoms with Gasteiger partial charge >= 0.3 is 0 Å². The first-order chi connectivity index (χ1) is 9.65. The lowest BCUT2D eigenvalue weighted by atomic mass is 10.1. The fraction of sp³-hybridized carbons (Fsp3) is 0. The SMILES string of the molecule is Nc1c(Nc2ccc(Cl)cc2F)ccc2cnccc12. The van der Waals surface area contributed by atoms with Crippen LogP contribution >= 0.6 is 11.6 Å². The van der Waals surface area contributed by atoms with Gasteiger partial charge in [0.15, 0.2) is 0 Å². The lowest BCUT2D eigenvalue weighted by Gasteiger charge is -2.12. The first-order valence-electron chi connectivity index (χ1n) is 5.99. The molecule has 0 radical (unpaired) electrons. The Hall–Kier alpha value is -2.33. The summed E-state index contributed by atoms with van der Waals surface area (Å²) in [5, 5.41) is 5.14. The van der Waals surface area contributed by atoms with Crippen molar-refractivity contribution in [2.75, 3.05) is 11.1 Å². The van der Waals surface area contributed by atoms with Crippen molar-refractivity contribution in [3.63, 3.8) is 0 Å². The molecule has 0 unspecified atom stereocenters. The molecular formula is C15H11ClFN3.